The van der Waals surface area contributed by atoms with Gasteiger partial charge in [-0.3, -0.25) is 0 Å². The molecule has 0 aliphatic heterocycles. The molecular weight excluding hydrogens is 264 g/mol. The summed E-state index contributed by atoms with van der Waals surface area (Å²) in [6, 6.07) is 6.72. The Hall–Kier alpha value is -1.26. The van der Waals surface area contributed by atoms with Crippen LogP contribution in [0.3, 0.4) is 0 Å². The lowest BCUT2D eigenvalue weighted by molar-refractivity contribution is 0.0401. The van der Waals surface area contributed by atoms with Crippen LogP contribution in [-0.2, 0) is 4.74 Å². The van der Waals surface area contributed by atoms with Gasteiger partial charge in [0.1, 0.15) is 6.61 Å². The number of hydrogen-bond acceptors (Lipinski definition) is 4. The highest BCUT2D eigenvalue weighted by Crippen LogP contribution is 2.09. The SMILES string of the molecule is CCCNC(C)(C)COC(=O)c1ccc(N)cc1.Cl. The maximum atomic E-state index is 11.8. The third-order valence-electron chi connectivity index (χ3n) is 2.56. The number of nitrogens with two attached hydrogens (primary N) is 1. The number of carbonyl (C=O) groups excluding carboxylic acids is 1. The van der Waals surface area contributed by atoms with Crippen molar-refractivity contribution in [2.75, 3.05) is 18.9 Å². The van der Waals surface area contributed by atoms with Crippen LogP contribution in [0.4, 0.5) is 5.69 Å². The van der Waals surface area contributed by atoms with Gasteiger partial charge in [0.15, 0.2) is 0 Å². The first kappa shape index (κ1) is 17.7. The molecule has 4 nitrogen and oxygen atoms in total. The molecule has 0 bridgehead atoms. The lowest BCUT2D eigenvalue weighted by atomic mass is 10.1. The minimum absolute atomic E-state index is 0. The van der Waals surface area contributed by atoms with Crippen molar-refractivity contribution < 1.29 is 9.53 Å². The molecule has 0 unspecified atom stereocenters. The number of benzene rings is 1. The van der Waals surface area contributed by atoms with Crippen LogP contribution < -0.4 is 11.1 Å². The van der Waals surface area contributed by atoms with Crippen LogP contribution in [0, 0.1) is 0 Å². The molecule has 0 saturated heterocycles. The Bertz CT molecular complexity index is 391. The van der Waals surface area contributed by atoms with E-state index in [9.17, 15) is 4.79 Å². The largest absolute Gasteiger partial charge is 0.460 e. The second-order valence-electron chi connectivity index (χ2n) is 5.01. The van der Waals surface area contributed by atoms with E-state index in [-0.39, 0.29) is 23.9 Å². The molecule has 0 aliphatic carbocycles. The lowest BCUT2D eigenvalue weighted by Gasteiger charge is -2.25. The number of nitrogens with one attached hydrogen (secondary N) is 1. The molecule has 0 fully saturated rings. The molecule has 1 rings (SSSR count). The molecule has 0 aliphatic rings. The fourth-order valence-corrected chi connectivity index (χ4v) is 1.46. The predicted octanol–water partition coefficient (Wildman–Crippen LogP) is 2.63. The standard InChI is InChI=1S/C14H22N2O2.ClH/c1-4-9-16-14(2,3)10-18-13(17)11-5-7-12(15)8-6-11;/h5-8,16H,4,9-10,15H2,1-3H3;1H. The highest BCUT2D eigenvalue weighted by Gasteiger charge is 2.19. The molecule has 0 saturated carbocycles. The van der Waals surface area contributed by atoms with Crippen molar-refractivity contribution in [3.05, 3.63) is 29.8 Å². The summed E-state index contributed by atoms with van der Waals surface area (Å²) >= 11 is 0. The molecule has 0 atom stereocenters. The first-order chi connectivity index (χ1) is 8.44. The highest BCUT2D eigenvalue weighted by molar-refractivity contribution is 5.89. The molecule has 3 N–H and O–H groups in total. The second-order valence-corrected chi connectivity index (χ2v) is 5.01. The van der Waals surface area contributed by atoms with E-state index in [4.69, 9.17) is 10.5 Å². The number of hydrogen-bond donors (Lipinski definition) is 2. The molecule has 1 aromatic rings. The molecule has 0 radical (unpaired) electrons. The number of halogens is 1. The smallest absolute Gasteiger partial charge is 0.338 e. The van der Waals surface area contributed by atoms with Gasteiger partial charge in [-0.2, -0.15) is 0 Å². The zero-order valence-corrected chi connectivity index (χ0v) is 12.5. The number of nitrogen functional groups attached to an aromatic ring is 1. The van der Waals surface area contributed by atoms with Gasteiger partial charge in [-0.1, -0.05) is 6.92 Å². The van der Waals surface area contributed by atoms with E-state index in [0.29, 0.717) is 17.9 Å². The summed E-state index contributed by atoms with van der Waals surface area (Å²) in [4.78, 5) is 11.8. The maximum Gasteiger partial charge on any atom is 0.338 e. The molecular formula is C14H23ClN2O2. The monoisotopic (exact) mass is 286 g/mol. The molecule has 19 heavy (non-hydrogen) atoms. The number of rotatable bonds is 6. The van der Waals surface area contributed by atoms with Gasteiger partial charge in [0.05, 0.1) is 5.56 Å². The Kier molecular flexibility index (Phi) is 7.49. The molecule has 0 heterocycles. The van der Waals surface area contributed by atoms with Gasteiger partial charge >= 0.3 is 5.97 Å². The molecule has 0 amide bonds. The third kappa shape index (κ3) is 6.45. The number of ether oxygens (including phenoxy) is 1. The maximum absolute atomic E-state index is 11.8. The van der Waals surface area contributed by atoms with Crippen molar-refractivity contribution in [3.8, 4) is 0 Å². The van der Waals surface area contributed by atoms with Gasteiger partial charge < -0.3 is 15.8 Å². The summed E-state index contributed by atoms with van der Waals surface area (Å²) in [6.45, 7) is 7.38. The van der Waals surface area contributed by atoms with E-state index >= 15 is 0 Å². The summed E-state index contributed by atoms with van der Waals surface area (Å²) in [7, 11) is 0. The van der Waals surface area contributed by atoms with Gasteiger partial charge in [0.2, 0.25) is 0 Å². The fourth-order valence-electron chi connectivity index (χ4n) is 1.46. The minimum atomic E-state index is -0.318. The van der Waals surface area contributed by atoms with Gasteiger partial charge in [-0.05, 0) is 51.1 Å². The summed E-state index contributed by atoms with van der Waals surface area (Å²) in [5, 5.41) is 3.33. The summed E-state index contributed by atoms with van der Waals surface area (Å²) < 4.78 is 5.29. The van der Waals surface area contributed by atoms with E-state index < -0.39 is 0 Å². The van der Waals surface area contributed by atoms with Crippen molar-refractivity contribution in [2.45, 2.75) is 32.7 Å². The average molecular weight is 287 g/mol. The van der Waals surface area contributed by atoms with E-state index in [1.807, 2.05) is 13.8 Å². The minimum Gasteiger partial charge on any atom is -0.460 e. The van der Waals surface area contributed by atoms with Crippen molar-refractivity contribution in [3.63, 3.8) is 0 Å². The number of esters is 1. The Morgan fingerprint density at radius 3 is 2.42 bits per heavy atom. The number of carbonyl (C=O) groups is 1. The Labute approximate surface area is 121 Å². The number of anilines is 1. The van der Waals surface area contributed by atoms with Crippen LogP contribution in [0.1, 0.15) is 37.6 Å². The van der Waals surface area contributed by atoms with Crippen LogP contribution in [0.2, 0.25) is 0 Å². The third-order valence-corrected chi connectivity index (χ3v) is 2.56. The summed E-state index contributed by atoms with van der Waals surface area (Å²) in [5.41, 5.74) is 6.51. The summed E-state index contributed by atoms with van der Waals surface area (Å²) in [6.07, 6.45) is 1.05. The molecule has 1 aromatic carbocycles. The van der Waals surface area contributed by atoms with Gasteiger partial charge in [0.25, 0.3) is 0 Å². The van der Waals surface area contributed by atoms with E-state index in [1.54, 1.807) is 24.3 Å². The first-order valence-electron chi connectivity index (χ1n) is 6.22. The summed E-state index contributed by atoms with van der Waals surface area (Å²) in [5.74, 6) is -0.318. The molecule has 5 heteroatoms. The van der Waals surface area contributed by atoms with Crippen LogP contribution in [0.15, 0.2) is 24.3 Å². The highest BCUT2D eigenvalue weighted by atomic mass is 35.5. The fraction of sp³-hybridized carbons (Fsp3) is 0.500. The van der Waals surface area contributed by atoms with Crippen LogP contribution in [0.5, 0.6) is 0 Å². The predicted molar refractivity (Wildman–Crippen MR) is 80.8 cm³/mol. The lowest BCUT2D eigenvalue weighted by Crippen LogP contribution is -2.44. The van der Waals surface area contributed by atoms with E-state index in [0.717, 1.165) is 13.0 Å². The van der Waals surface area contributed by atoms with Crippen molar-refractivity contribution in [1.82, 2.24) is 5.32 Å². The molecule has 0 spiro atoms. The van der Waals surface area contributed by atoms with Gasteiger partial charge in [-0.15, -0.1) is 12.4 Å². The van der Waals surface area contributed by atoms with Crippen molar-refractivity contribution in [2.24, 2.45) is 0 Å². The van der Waals surface area contributed by atoms with Crippen molar-refractivity contribution in [1.29, 1.82) is 0 Å². The van der Waals surface area contributed by atoms with E-state index in [1.165, 1.54) is 0 Å². The van der Waals surface area contributed by atoms with Crippen LogP contribution in [0.25, 0.3) is 0 Å². The topological polar surface area (TPSA) is 64.3 Å². The van der Waals surface area contributed by atoms with Crippen molar-refractivity contribution >= 4 is 24.1 Å². The molecule has 0 aromatic heterocycles. The normalized spacial score (nSPS) is 10.7. The Morgan fingerprint density at radius 1 is 1.32 bits per heavy atom. The first-order valence-corrected chi connectivity index (χ1v) is 6.22. The Morgan fingerprint density at radius 2 is 1.89 bits per heavy atom. The Balaban J connectivity index is 0.00000324. The average Bonchev–Trinajstić information content (AvgIpc) is 2.35. The van der Waals surface area contributed by atoms with E-state index in [2.05, 4.69) is 12.2 Å². The second kappa shape index (κ2) is 8.02. The van der Waals surface area contributed by atoms with Crippen LogP contribution >= 0.6 is 12.4 Å². The molecule has 108 valence electrons. The van der Waals surface area contributed by atoms with Gasteiger partial charge in [0, 0.05) is 11.2 Å². The van der Waals surface area contributed by atoms with Gasteiger partial charge in [-0.25, -0.2) is 4.79 Å². The van der Waals surface area contributed by atoms with Crippen LogP contribution in [-0.4, -0.2) is 24.7 Å². The zero-order chi connectivity index (χ0) is 13.6. The quantitative estimate of drug-likeness (QED) is 0.623. The zero-order valence-electron chi connectivity index (χ0n) is 11.7.